The van der Waals surface area contributed by atoms with E-state index < -0.39 is 0 Å². The molecular formula is C13H28N2O2. The highest BCUT2D eigenvalue weighted by atomic mass is 16.5. The Labute approximate surface area is 105 Å². The molecule has 1 rings (SSSR count). The van der Waals surface area contributed by atoms with E-state index in [1.54, 1.807) is 7.11 Å². The lowest BCUT2D eigenvalue weighted by atomic mass is 9.83. The van der Waals surface area contributed by atoms with E-state index in [1.807, 2.05) is 0 Å². The molecule has 4 heteroatoms. The first-order valence-electron chi connectivity index (χ1n) is 6.59. The predicted octanol–water partition coefficient (Wildman–Crippen LogP) is 1.84. The molecule has 0 spiro atoms. The minimum Gasteiger partial charge on any atom is -0.379 e. The molecular weight excluding hydrogens is 216 g/mol. The van der Waals surface area contributed by atoms with Crippen LogP contribution in [0.2, 0.25) is 0 Å². The SMILES string of the molecule is COC(C(CCC1CCCO1)NN)C(C)(C)C. The fourth-order valence-corrected chi connectivity index (χ4v) is 2.68. The summed E-state index contributed by atoms with van der Waals surface area (Å²) in [5.41, 5.74) is 2.99. The minimum absolute atomic E-state index is 0.0856. The Bertz CT molecular complexity index is 210. The molecule has 0 amide bonds. The summed E-state index contributed by atoms with van der Waals surface area (Å²) in [5.74, 6) is 5.66. The van der Waals surface area contributed by atoms with E-state index in [-0.39, 0.29) is 17.6 Å². The molecule has 0 aromatic carbocycles. The highest BCUT2D eigenvalue weighted by Crippen LogP contribution is 2.27. The lowest BCUT2D eigenvalue weighted by Crippen LogP contribution is -2.50. The van der Waals surface area contributed by atoms with E-state index >= 15 is 0 Å². The Hall–Kier alpha value is -0.160. The lowest BCUT2D eigenvalue weighted by molar-refractivity contribution is -0.0171. The second-order valence-corrected chi connectivity index (χ2v) is 6.01. The van der Waals surface area contributed by atoms with Gasteiger partial charge in [-0.25, -0.2) is 0 Å². The smallest absolute Gasteiger partial charge is 0.0785 e. The zero-order valence-corrected chi connectivity index (χ0v) is 11.7. The van der Waals surface area contributed by atoms with Crippen LogP contribution in [0.1, 0.15) is 46.5 Å². The van der Waals surface area contributed by atoms with Crippen molar-refractivity contribution >= 4 is 0 Å². The van der Waals surface area contributed by atoms with Crippen molar-refractivity contribution in [3.63, 3.8) is 0 Å². The van der Waals surface area contributed by atoms with E-state index in [1.165, 1.54) is 12.8 Å². The van der Waals surface area contributed by atoms with E-state index in [9.17, 15) is 0 Å². The average molecular weight is 244 g/mol. The first-order valence-corrected chi connectivity index (χ1v) is 6.59. The van der Waals surface area contributed by atoms with Gasteiger partial charge in [0.05, 0.1) is 12.2 Å². The average Bonchev–Trinajstić information content (AvgIpc) is 2.74. The molecule has 3 atom stereocenters. The third-order valence-electron chi connectivity index (χ3n) is 3.51. The van der Waals surface area contributed by atoms with Crippen LogP contribution in [0.4, 0.5) is 0 Å². The van der Waals surface area contributed by atoms with Gasteiger partial charge in [0.25, 0.3) is 0 Å². The number of hydrogen-bond acceptors (Lipinski definition) is 4. The zero-order chi connectivity index (χ0) is 12.9. The summed E-state index contributed by atoms with van der Waals surface area (Å²) in [4.78, 5) is 0. The van der Waals surface area contributed by atoms with Crippen LogP contribution in [-0.2, 0) is 9.47 Å². The normalized spacial score (nSPS) is 24.9. The summed E-state index contributed by atoms with van der Waals surface area (Å²) in [6, 6.07) is 0.184. The number of methoxy groups -OCH3 is 1. The van der Waals surface area contributed by atoms with E-state index in [4.69, 9.17) is 15.3 Å². The molecule has 4 nitrogen and oxygen atoms in total. The van der Waals surface area contributed by atoms with Gasteiger partial charge in [0.15, 0.2) is 0 Å². The molecule has 102 valence electrons. The Kier molecular flexibility index (Phi) is 5.86. The Morgan fingerprint density at radius 2 is 2.18 bits per heavy atom. The van der Waals surface area contributed by atoms with Crippen molar-refractivity contribution in [1.29, 1.82) is 0 Å². The largest absolute Gasteiger partial charge is 0.379 e. The van der Waals surface area contributed by atoms with Crippen molar-refractivity contribution in [3.05, 3.63) is 0 Å². The molecule has 1 heterocycles. The highest BCUT2D eigenvalue weighted by Gasteiger charge is 2.32. The van der Waals surface area contributed by atoms with Gasteiger partial charge in [0, 0.05) is 19.8 Å². The molecule has 0 radical (unpaired) electrons. The molecule has 1 fully saturated rings. The highest BCUT2D eigenvalue weighted by molar-refractivity contribution is 4.85. The van der Waals surface area contributed by atoms with Gasteiger partial charge in [-0.05, 0) is 31.1 Å². The number of hydrazine groups is 1. The van der Waals surface area contributed by atoms with Gasteiger partial charge >= 0.3 is 0 Å². The molecule has 1 saturated heterocycles. The predicted molar refractivity (Wildman–Crippen MR) is 69.6 cm³/mol. The maximum Gasteiger partial charge on any atom is 0.0785 e. The van der Waals surface area contributed by atoms with Crippen LogP contribution in [0.5, 0.6) is 0 Å². The number of nitrogens with one attached hydrogen (secondary N) is 1. The van der Waals surface area contributed by atoms with Gasteiger partial charge < -0.3 is 9.47 Å². The van der Waals surface area contributed by atoms with Gasteiger partial charge in [0.1, 0.15) is 0 Å². The van der Waals surface area contributed by atoms with Crippen molar-refractivity contribution in [3.8, 4) is 0 Å². The Balaban J connectivity index is 2.45. The first kappa shape index (κ1) is 14.9. The molecule has 3 unspecified atom stereocenters. The van der Waals surface area contributed by atoms with Gasteiger partial charge in [-0.15, -0.1) is 0 Å². The summed E-state index contributed by atoms with van der Waals surface area (Å²) in [5, 5.41) is 0. The summed E-state index contributed by atoms with van der Waals surface area (Å²) in [6.45, 7) is 7.45. The summed E-state index contributed by atoms with van der Waals surface area (Å²) in [6.07, 6.45) is 4.97. The molecule has 1 aliphatic heterocycles. The summed E-state index contributed by atoms with van der Waals surface area (Å²) >= 11 is 0. The quantitative estimate of drug-likeness (QED) is 0.553. The van der Waals surface area contributed by atoms with Crippen molar-refractivity contribution in [1.82, 2.24) is 5.43 Å². The molecule has 1 aliphatic rings. The van der Waals surface area contributed by atoms with E-state index in [0.717, 1.165) is 19.4 Å². The van der Waals surface area contributed by atoms with Gasteiger partial charge in [-0.3, -0.25) is 11.3 Å². The molecule has 0 bridgehead atoms. The summed E-state index contributed by atoms with van der Waals surface area (Å²) < 4.78 is 11.2. The Morgan fingerprint density at radius 1 is 1.47 bits per heavy atom. The van der Waals surface area contributed by atoms with E-state index in [0.29, 0.717) is 6.10 Å². The van der Waals surface area contributed by atoms with Crippen LogP contribution in [0, 0.1) is 5.41 Å². The van der Waals surface area contributed by atoms with Crippen molar-refractivity contribution in [2.75, 3.05) is 13.7 Å². The first-order chi connectivity index (χ1) is 7.99. The monoisotopic (exact) mass is 244 g/mol. The third kappa shape index (κ3) is 4.54. The maximum absolute atomic E-state index is 5.66. The fourth-order valence-electron chi connectivity index (χ4n) is 2.68. The lowest BCUT2D eigenvalue weighted by Gasteiger charge is -2.36. The third-order valence-corrected chi connectivity index (χ3v) is 3.51. The van der Waals surface area contributed by atoms with Crippen molar-refractivity contribution < 1.29 is 9.47 Å². The standard InChI is InChI=1S/C13H28N2O2/c1-13(2,3)12(16-4)11(15-14)8-7-10-6-5-9-17-10/h10-12,15H,5-9,14H2,1-4H3. The zero-order valence-electron chi connectivity index (χ0n) is 11.7. The van der Waals surface area contributed by atoms with Crippen LogP contribution >= 0.6 is 0 Å². The van der Waals surface area contributed by atoms with Crippen LogP contribution in [-0.4, -0.2) is 32.0 Å². The second-order valence-electron chi connectivity index (χ2n) is 6.01. The molecule has 0 aromatic heterocycles. The van der Waals surface area contributed by atoms with Crippen LogP contribution in [0.3, 0.4) is 0 Å². The van der Waals surface area contributed by atoms with Gasteiger partial charge in [0.2, 0.25) is 0 Å². The number of nitrogens with two attached hydrogens (primary N) is 1. The van der Waals surface area contributed by atoms with Crippen molar-refractivity contribution in [2.45, 2.75) is 64.7 Å². The van der Waals surface area contributed by atoms with Crippen molar-refractivity contribution in [2.24, 2.45) is 11.3 Å². The number of hydrogen-bond donors (Lipinski definition) is 2. The molecule has 0 aliphatic carbocycles. The molecule has 0 aromatic rings. The minimum atomic E-state index is 0.0856. The van der Waals surface area contributed by atoms with Gasteiger partial charge in [-0.1, -0.05) is 20.8 Å². The van der Waals surface area contributed by atoms with Crippen LogP contribution in [0.25, 0.3) is 0 Å². The Morgan fingerprint density at radius 3 is 2.59 bits per heavy atom. The van der Waals surface area contributed by atoms with Crippen LogP contribution in [0.15, 0.2) is 0 Å². The fraction of sp³-hybridized carbons (Fsp3) is 1.00. The van der Waals surface area contributed by atoms with Crippen LogP contribution < -0.4 is 11.3 Å². The van der Waals surface area contributed by atoms with E-state index in [2.05, 4.69) is 26.2 Å². The second kappa shape index (κ2) is 6.69. The van der Waals surface area contributed by atoms with Gasteiger partial charge in [-0.2, -0.15) is 0 Å². The summed E-state index contributed by atoms with van der Waals surface area (Å²) in [7, 11) is 1.76. The molecule has 3 N–H and O–H groups in total. The molecule has 0 saturated carbocycles. The number of rotatable bonds is 6. The topological polar surface area (TPSA) is 56.5 Å². The maximum atomic E-state index is 5.66. The molecule has 17 heavy (non-hydrogen) atoms. The number of ether oxygens (including phenoxy) is 2.